The van der Waals surface area contributed by atoms with Crippen molar-refractivity contribution in [2.24, 2.45) is 0 Å². The number of nitrogens with one attached hydrogen (secondary N) is 1. The molecule has 5 nitrogen and oxygen atoms in total. The number of aromatic nitrogens is 3. The van der Waals surface area contributed by atoms with E-state index in [0.717, 1.165) is 30.5 Å². The van der Waals surface area contributed by atoms with Crippen molar-refractivity contribution < 1.29 is 4.74 Å². The summed E-state index contributed by atoms with van der Waals surface area (Å²) >= 11 is 0. The third-order valence-corrected chi connectivity index (χ3v) is 2.28. The van der Waals surface area contributed by atoms with Crippen LogP contribution in [0.25, 0.3) is 11.0 Å². The van der Waals surface area contributed by atoms with E-state index in [1.54, 1.807) is 0 Å². The minimum atomic E-state index is 0.335. The summed E-state index contributed by atoms with van der Waals surface area (Å²) in [4.78, 5) is 4.27. The number of hydrogen-bond acceptors (Lipinski definition) is 5. The first-order valence-corrected chi connectivity index (χ1v) is 5.83. The Balaban J connectivity index is 1.90. The molecule has 0 bridgehead atoms. The summed E-state index contributed by atoms with van der Waals surface area (Å²) in [5.41, 5.74) is 1.59. The van der Waals surface area contributed by atoms with E-state index in [1.165, 1.54) is 0 Å². The maximum absolute atomic E-state index is 5.41. The van der Waals surface area contributed by atoms with E-state index in [9.17, 15) is 0 Å². The highest BCUT2D eigenvalue weighted by atomic mass is 16.5. The lowest BCUT2D eigenvalue weighted by Gasteiger charge is -2.05. The fourth-order valence-electron chi connectivity index (χ4n) is 1.44. The SMILES string of the molecule is CCCNCCOc1nnc2ccccc2n1. The minimum Gasteiger partial charge on any atom is -0.461 e. The van der Waals surface area contributed by atoms with Crippen LogP contribution in [0.15, 0.2) is 24.3 Å². The number of hydrogen-bond donors (Lipinski definition) is 1. The van der Waals surface area contributed by atoms with Gasteiger partial charge < -0.3 is 10.1 Å². The molecule has 5 heteroatoms. The van der Waals surface area contributed by atoms with Crippen molar-refractivity contribution >= 4 is 11.0 Å². The van der Waals surface area contributed by atoms with Gasteiger partial charge in [0.05, 0.1) is 5.52 Å². The number of benzene rings is 1. The normalized spacial score (nSPS) is 10.6. The molecule has 0 saturated heterocycles. The second kappa shape index (κ2) is 6.10. The van der Waals surface area contributed by atoms with Gasteiger partial charge in [-0.2, -0.15) is 4.98 Å². The molecule has 0 aliphatic heterocycles. The fraction of sp³-hybridized carbons (Fsp3) is 0.417. The van der Waals surface area contributed by atoms with E-state index in [2.05, 4.69) is 27.4 Å². The van der Waals surface area contributed by atoms with Crippen LogP contribution in [-0.4, -0.2) is 34.9 Å². The van der Waals surface area contributed by atoms with Crippen LogP contribution < -0.4 is 10.1 Å². The Morgan fingerprint density at radius 3 is 2.76 bits per heavy atom. The Morgan fingerprint density at radius 1 is 1.12 bits per heavy atom. The summed E-state index contributed by atoms with van der Waals surface area (Å²) in [6.07, 6.45) is 1.12. The second-order valence-corrected chi connectivity index (χ2v) is 3.68. The molecule has 0 amide bonds. The first-order valence-electron chi connectivity index (χ1n) is 5.83. The zero-order chi connectivity index (χ0) is 11.9. The summed E-state index contributed by atoms with van der Waals surface area (Å²) in [5, 5.41) is 11.2. The van der Waals surface area contributed by atoms with Gasteiger partial charge >= 0.3 is 6.01 Å². The smallest absolute Gasteiger partial charge is 0.336 e. The first kappa shape index (κ1) is 11.7. The maximum Gasteiger partial charge on any atom is 0.336 e. The Morgan fingerprint density at radius 2 is 1.94 bits per heavy atom. The molecule has 0 spiro atoms. The van der Waals surface area contributed by atoms with Crippen molar-refractivity contribution in [3.8, 4) is 6.01 Å². The molecule has 2 rings (SSSR count). The summed E-state index contributed by atoms with van der Waals surface area (Å²) in [5.74, 6) is 0. The molecule has 0 aliphatic carbocycles. The van der Waals surface area contributed by atoms with E-state index >= 15 is 0 Å². The van der Waals surface area contributed by atoms with Crippen LogP contribution in [0.3, 0.4) is 0 Å². The minimum absolute atomic E-state index is 0.335. The zero-order valence-corrected chi connectivity index (χ0v) is 9.89. The molecular weight excluding hydrogens is 216 g/mol. The Hall–Kier alpha value is -1.75. The van der Waals surface area contributed by atoms with E-state index in [1.807, 2.05) is 24.3 Å². The molecule has 1 aromatic carbocycles. The highest BCUT2D eigenvalue weighted by Gasteiger charge is 2.01. The number of nitrogens with zero attached hydrogens (tertiary/aromatic N) is 3. The van der Waals surface area contributed by atoms with Gasteiger partial charge in [-0.15, -0.1) is 5.10 Å². The molecule has 1 aromatic heterocycles. The van der Waals surface area contributed by atoms with Gasteiger partial charge in [0, 0.05) is 6.54 Å². The summed E-state index contributed by atoms with van der Waals surface area (Å²) in [7, 11) is 0. The number of ether oxygens (including phenoxy) is 1. The molecule has 2 aromatic rings. The van der Waals surface area contributed by atoms with E-state index in [4.69, 9.17) is 4.74 Å². The topological polar surface area (TPSA) is 59.9 Å². The van der Waals surface area contributed by atoms with Gasteiger partial charge in [-0.05, 0) is 25.1 Å². The molecule has 17 heavy (non-hydrogen) atoms. The lowest BCUT2D eigenvalue weighted by Crippen LogP contribution is -2.22. The lowest BCUT2D eigenvalue weighted by atomic mass is 10.3. The number of rotatable bonds is 6. The van der Waals surface area contributed by atoms with Crippen molar-refractivity contribution in [3.63, 3.8) is 0 Å². The summed E-state index contributed by atoms with van der Waals surface area (Å²) < 4.78 is 5.41. The van der Waals surface area contributed by atoms with Gasteiger partial charge in [0.15, 0.2) is 0 Å². The average Bonchev–Trinajstić information content (AvgIpc) is 2.38. The van der Waals surface area contributed by atoms with Crippen LogP contribution in [0.5, 0.6) is 6.01 Å². The predicted molar refractivity (Wildman–Crippen MR) is 66.0 cm³/mol. The largest absolute Gasteiger partial charge is 0.461 e. The highest BCUT2D eigenvalue weighted by Crippen LogP contribution is 2.09. The van der Waals surface area contributed by atoms with Crippen molar-refractivity contribution in [1.82, 2.24) is 20.5 Å². The lowest BCUT2D eigenvalue weighted by molar-refractivity contribution is 0.288. The third-order valence-electron chi connectivity index (χ3n) is 2.28. The van der Waals surface area contributed by atoms with Gasteiger partial charge in [0.25, 0.3) is 0 Å². The van der Waals surface area contributed by atoms with Gasteiger partial charge in [0.2, 0.25) is 0 Å². The van der Waals surface area contributed by atoms with Crippen LogP contribution in [-0.2, 0) is 0 Å². The molecule has 1 heterocycles. The van der Waals surface area contributed by atoms with E-state index < -0.39 is 0 Å². The molecular formula is C12H16N4O. The van der Waals surface area contributed by atoms with E-state index in [-0.39, 0.29) is 0 Å². The van der Waals surface area contributed by atoms with Crippen LogP contribution in [0.2, 0.25) is 0 Å². The number of para-hydroxylation sites is 1. The van der Waals surface area contributed by atoms with Crippen LogP contribution in [0.1, 0.15) is 13.3 Å². The van der Waals surface area contributed by atoms with Crippen LogP contribution >= 0.6 is 0 Å². The molecule has 0 fully saturated rings. The molecule has 0 unspecified atom stereocenters. The van der Waals surface area contributed by atoms with Crippen molar-refractivity contribution in [1.29, 1.82) is 0 Å². The first-order chi connectivity index (χ1) is 8.40. The van der Waals surface area contributed by atoms with Gasteiger partial charge in [0.1, 0.15) is 12.1 Å². The van der Waals surface area contributed by atoms with Gasteiger partial charge in [-0.25, -0.2) is 0 Å². The zero-order valence-electron chi connectivity index (χ0n) is 9.89. The second-order valence-electron chi connectivity index (χ2n) is 3.68. The molecule has 90 valence electrons. The van der Waals surface area contributed by atoms with Crippen molar-refractivity contribution in [2.75, 3.05) is 19.7 Å². The molecule has 0 atom stereocenters. The maximum atomic E-state index is 5.41. The van der Waals surface area contributed by atoms with Crippen LogP contribution in [0.4, 0.5) is 0 Å². The summed E-state index contributed by atoms with van der Waals surface area (Å²) in [6, 6.07) is 7.94. The van der Waals surface area contributed by atoms with E-state index in [0.29, 0.717) is 12.6 Å². The molecule has 0 aliphatic rings. The highest BCUT2D eigenvalue weighted by molar-refractivity contribution is 5.73. The monoisotopic (exact) mass is 232 g/mol. The molecule has 0 radical (unpaired) electrons. The standard InChI is InChI=1S/C12H16N4O/c1-2-7-13-8-9-17-12-14-10-5-3-4-6-11(10)15-16-12/h3-6,13H,2,7-9H2,1H3. The van der Waals surface area contributed by atoms with Crippen molar-refractivity contribution in [2.45, 2.75) is 13.3 Å². The fourth-order valence-corrected chi connectivity index (χ4v) is 1.44. The number of fused-ring (bicyclic) bond motifs is 1. The molecule has 0 saturated carbocycles. The van der Waals surface area contributed by atoms with Gasteiger partial charge in [-0.3, -0.25) is 0 Å². The van der Waals surface area contributed by atoms with Crippen molar-refractivity contribution in [3.05, 3.63) is 24.3 Å². The van der Waals surface area contributed by atoms with Crippen LogP contribution in [0, 0.1) is 0 Å². The third kappa shape index (κ3) is 3.35. The predicted octanol–water partition coefficient (Wildman–Crippen LogP) is 1.40. The Labute approximate surface area is 100 Å². The Kier molecular flexibility index (Phi) is 4.21. The molecule has 1 N–H and O–H groups in total. The Bertz CT molecular complexity index is 475. The quantitative estimate of drug-likeness (QED) is 0.763. The average molecular weight is 232 g/mol. The summed E-state index contributed by atoms with van der Waals surface area (Å²) in [6.45, 7) is 4.48. The van der Waals surface area contributed by atoms with Gasteiger partial charge in [-0.1, -0.05) is 24.2 Å².